The molecule has 5 rings (SSSR count). The van der Waals surface area contributed by atoms with E-state index in [4.69, 9.17) is 15.2 Å². The van der Waals surface area contributed by atoms with Crippen LogP contribution in [0.15, 0.2) is 59.7 Å². The molecule has 0 aliphatic carbocycles. The highest BCUT2D eigenvalue weighted by Gasteiger charge is 2.36. The third-order valence-corrected chi connectivity index (χ3v) is 7.65. The molecule has 222 valence electrons. The van der Waals surface area contributed by atoms with Gasteiger partial charge in [-0.15, -0.1) is 4.59 Å². The summed E-state index contributed by atoms with van der Waals surface area (Å²) in [5.41, 5.74) is 7.19. The van der Waals surface area contributed by atoms with Crippen LogP contribution in [-0.2, 0) is 4.79 Å². The zero-order valence-corrected chi connectivity index (χ0v) is 23.7. The Balaban J connectivity index is 1.31. The van der Waals surface area contributed by atoms with Gasteiger partial charge in [0.2, 0.25) is 0 Å². The third kappa shape index (κ3) is 6.67. The average molecular weight is 579 g/mol. The van der Waals surface area contributed by atoms with Gasteiger partial charge in [-0.1, -0.05) is 17.6 Å². The molecule has 42 heavy (non-hydrogen) atoms. The normalized spacial score (nSPS) is 20.5. The van der Waals surface area contributed by atoms with Crippen molar-refractivity contribution in [3.8, 4) is 11.5 Å². The number of nitrogens with two attached hydrogens (primary N) is 1. The second kappa shape index (κ2) is 13.2. The highest BCUT2D eigenvalue weighted by Crippen LogP contribution is 2.35. The van der Waals surface area contributed by atoms with Crippen molar-refractivity contribution >= 4 is 34.5 Å². The molecule has 0 spiro atoms. The third-order valence-electron chi connectivity index (χ3n) is 7.65. The van der Waals surface area contributed by atoms with Crippen LogP contribution in [-0.4, -0.2) is 78.1 Å². The van der Waals surface area contributed by atoms with Gasteiger partial charge in [-0.2, -0.15) is 0 Å². The number of piperidine rings is 1. The molecule has 3 heterocycles. The molecule has 2 aromatic carbocycles. The van der Waals surface area contributed by atoms with E-state index in [1.165, 1.54) is 31.3 Å². The number of carbonyl (C=O) groups is 1. The van der Waals surface area contributed by atoms with Crippen LogP contribution >= 0.6 is 0 Å². The first kappa shape index (κ1) is 29.4. The second-order valence-electron chi connectivity index (χ2n) is 10.5. The number of ether oxygens (including phenoxy) is 2. The monoisotopic (exact) mass is 578 g/mol. The molecule has 1 amide bonds. The summed E-state index contributed by atoms with van der Waals surface area (Å²) in [5, 5.41) is 17.8. The van der Waals surface area contributed by atoms with Crippen LogP contribution < -0.4 is 25.1 Å². The van der Waals surface area contributed by atoms with Crippen molar-refractivity contribution in [2.45, 2.75) is 38.1 Å². The second-order valence-corrected chi connectivity index (χ2v) is 10.5. The molecule has 0 radical (unpaired) electrons. The molecular formula is C30H37FN7O4+. The summed E-state index contributed by atoms with van der Waals surface area (Å²) in [6, 6.07) is 9.99. The van der Waals surface area contributed by atoms with Crippen molar-refractivity contribution in [1.29, 1.82) is 0 Å². The Morgan fingerprint density at radius 3 is 2.90 bits per heavy atom. The standard InChI is InChI=1S/C30H36FN7O4/c1-41-27-15-25-26(16-28(27)42-13-5-11-37-10-3-2-7-23(37)9-12-39)33-20-34-30(25)36-22-17-35-38(18-22,19-29(32)40)24-8-4-6-21(31)14-24/h4,6,8,14-18,20,23,39H,2-3,5,7,9-13,19H2,1H3,(H2-,32,33,34,36,40)/p+1. The number of fused-ring (bicyclic) bond motifs is 1. The predicted molar refractivity (Wildman–Crippen MR) is 160 cm³/mol. The maximum Gasteiger partial charge on any atom is 0.276 e. The van der Waals surface area contributed by atoms with Crippen LogP contribution in [0.4, 0.5) is 15.9 Å². The highest BCUT2D eigenvalue weighted by atomic mass is 19.1. The Labute approximate surface area is 244 Å². The van der Waals surface area contributed by atoms with Gasteiger partial charge in [0.1, 0.15) is 29.9 Å². The molecule has 4 N–H and O–H groups in total. The number of allylic oxidation sites excluding steroid dienone is 1. The fourth-order valence-electron chi connectivity index (χ4n) is 5.65. The number of carbonyl (C=O) groups excluding carboxylic acids is 1. The van der Waals surface area contributed by atoms with Gasteiger partial charge in [-0.05, 0) is 44.4 Å². The number of likely N-dealkylation sites (tertiary alicyclic amines) is 1. The van der Waals surface area contributed by atoms with Gasteiger partial charge in [-0.3, -0.25) is 4.79 Å². The number of nitrogens with zero attached hydrogens (tertiary/aromatic N) is 5. The molecule has 1 fully saturated rings. The number of halogens is 1. The maximum absolute atomic E-state index is 14.0. The number of benzene rings is 2. The topological polar surface area (TPSA) is 135 Å². The predicted octanol–water partition coefficient (Wildman–Crippen LogP) is 3.53. The number of aliphatic hydroxyl groups excluding tert-OH is 1. The van der Waals surface area contributed by atoms with Gasteiger partial charge < -0.3 is 30.5 Å². The van der Waals surface area contributed by atoms with Crippen molar-refractivity contribution in [1.82, 2.24) is 19.5 Å². The summed E-state index contributed by atoms with van der Waals surface area (Å²) < 4.78 is 25.5. The molecule has 2 unspecified atom stereocenters. The van der Waals surface area contributed by atoms with E-state index in [1.54, 1.807) is 31.7 Å². The van der Waals surface area contributed by atoms with E-state index >= 15 is 0 Å². The van der Waals surface area contributed by atoms with Crippen LogP contribution in [0.3, 0.4) is 0 Å². The van der Waals surface area contributed by atoms with E-state index in [9.17, 15) is 14.3 Å². The molecule has 11 nitrogen and oxygen atoms in total. The summed E-state index contributed by atoms with van der Waals surface area (Å²) >= 11 is 0. The van der Waals surface area contributed by atoms with Crippen molar-refractivity contribution < 1.29 is 23.8 Å². The number of aliphatic hydroxyl groups is 1. The summed E-state index contributed by atoms with van der Waals surface area (Å²) in [6.07, 6.45) is 9.90. The number of hydrogen-bond acceptors (Lipinski definition) is 9. The number of methoxy groups -OCH3 is 1. The molecule has 2 aliphatic heterocycles. The average Bonchev–Trinajstić information content (AvgIpc) is 3.38. The smallest absolute Gasteiger partial charge is 0.276 e. The minimum atomic E-state index is -0.584. The first-order valence-electron chi connectivity index (χ1n) is 14.2. The van der Waals surface area contributed by atoms with Crippen LogP contribution in [0.2, 0.25) is 0 Å². The van der Waals surface area contributed by atoms with Gasteiger partial charge in [0.15, 0.2) is 29.9 Å². The van der Waals surface area contributed by atoms with Gasteiger partial charge in [0.05, 0.1) is 19.2 Å². The molecule has 2 atom stereocenters. The van der Waals surface area contributed by atoms with E-state index in [0.717, 1.165) is 32.4 Å². The molecule has 12 heteroatoms. The lowest BCUT2D eigenvalue weighted by molar-refractivity contribution is -0.118. The maximum atomic E-state index is 14.0. The van der Waals surface area contributed by atoms with E-state index in [-0.39, 0.29) is 17.7 Å². The fraction of sp³-hybridized carbons (Fsp3) is 0.400. The van der Waals surface area contributed by atoms with Crippen molar-refractivity contribution in [2.24, 2.45) is 10.8 Å². The molecular weight excluding hydrogens is 541 g/mol. The number of aromatic nitrogens is 2. The number of anilines is 1. The quantitative estimate of drug-likeness (QED) is 0.207. The lowest BCUT2D eigenvalue weighted by Gasteiger charge is -2.35. The Kier molecular flexibility index (Phi) is 9.25. The van der Waals surface area contributed by atoms with E-state index in [1.807, 2.05) is 12.1 Å². The van der Waals surface area contributed by atoms with E-state index < -0.39 is 11.7 Å². The number of hydrogen-bond donors (Lipinski definition) is 3. The van der Waals surface area contributed by atoms with Gasteiger partial charge in [-0.25, -0.2) is 14.4 Å². The number of amides is 1. The van der Waals surface area contributed by atoms with Crippen molar-refractivity contribution in [2.75, 3.05) is 45.3 Å². The number of quaternary nitrogens is 1. The zero-order valence-electron chi connectivity index (χ0n) is 23.7. The van der Waals surface area contributed by atoms with Crippen LogP contribution in [0.1, 0.15) is 32.1 Å². The van der Waals surface area contributed by atoms with Crippen LogP contribution in [0.5, 0.6) is 11.5 Å². The summed E-state index contributed by atoms with van der Waals surface area (Å²) in [7, 11) is 1.58. The van der Waals surface area contributed by atoms with Crippen LogP contribution in [0.25, 0.3) is 10.9 Å². The van der Waals surface area contributed by atoms with Gasteiger partial charge in [0.25, 0.3) is 5.91 Å². The van der Waals surface area contributed by atoms with Gasteiger partial charge in [0, 0.05) is 42.8 Å². The molecule has 3 aromatic rings. The number of rotatable bonds is 13. The number of primary amides is 1. The minimum Gasteiger partial charge on any atom is -0.493 e. The Morgan fingerprint density at radius 1 is 1.24 bits per heavy atom. The Bertz CT molecular complexity index is 1480. The molecule has 0 bridgehead atoms. The highest BCUT2D eigenvalue weighted by molar-refractivity contribution is 5.96. The van der Waals surface area contributed by atoms with Crippen molar-refractivity contribution in [3.05, 3.63) is 60.4 Å². The Hall–Kier alpha value is -4.13. The van der Waals surface area contributed by atoms with Crippen molar-refractivity contribution in [3.63, 3.8) is 0 Å². The van der Waals surface area contributed by atoms with Gasteiger partial charge >= 0.3 is 0 Å². The summed E-state index contributed by atoms with van der Waals surface area (Å²) in [4.78, 5) is 23.2. The molecule has 1 saturated heterocycles. The van der Waals surface area contributed by atoms with E-state index in [2.05, 4.69) is 25.3 Å². The lowest BCUT2D eigenvalue weighted by atomic mass is 9.99. The molecule has 1 aromatic heterocycles. The molecule has 2 aliphatic rings. The largest absolute Gasteiger partial charge is 0.493 e. The first-order valence-corrected chi connectivity index (χ1v) is 14.2. The minimum absolute atomic E-state index is 0.177. The number of nitrogens with one attached hydrogen (secondary N) is 1. The lowest BCUT2D eigenvalue weighted by Crippen LogP contribution is -2.44. The zero-order chi connectivity index (χ0) is 29.5. The van der Waals surface area contributed by atoms with Crippen LogP contribution in [0, 0.1) is 5.82 Å². The first-order chi connectivity index (χ1) is 20.4. The SMILES string of the molecule is COc1cc2c(NC3=C[N+](CC(N)=O)(c4cccc(F)c4)N=C3)ncnc2cc1OCCCN1CCCCC1CCO. The Morgan fingerprint density at radius 2 is 2.12 bits per heavy atom. The fourth-order valence-corrected chi connectivity index (χ4v) is 5.65. The van der Waals surface area contributed by atoms with E-state index in [0.29, 0.717) is 52.3 Å². The molecule has 0 saturated carbocycles. The summed E-state index contributed by atoms with van der Waals surface area (Å²) in [6.45, 7) is 2.53. The summed E-state index contributed by atoms with van der Waals surface area (Å²) in [5.74, 6) is 0.610.